The molecule has 1 fully saturated rings. The largest absolute Gasteiger partial charge is 0.355 e. The van der Waals surface area contributed by atoms with Gasteiger partial charge in [-0.2, -0.15) is 4.31 Å². The smallest absolute Gasteiger partial charge is 0.252 e. The van der Waals surface area contributed by atoms with E-state index in [0.717, 1.165) is 3.79 Å². The number of piperazine rings is 1. The Labute approximate surface area is 143 Å². The van der Waals surface area contributed by atoms with Crippen molar-refractivity contribution >= 4 is 43.2 Å². The van der Waals surface area contributed by atoms with Crippen molar-refractivity contribution in [3.8, 4) is 0 Å². The van der Waals surface area contributed by atoms with E-state index in [4.69, 9.17) is 0 Å². The van der Waals surface area contributed by atoms with Gasteiger partial charge in [0.25, 0.3) is 10.0 Å². The van der Waals surface area contributed by atoms with Crippen molar-refractivity contribution in [3.05, 3.63) is 15.9 Å². The van der Waals surface area contributed by atoms with Gasteiger partial charge in [0, 0.05) is 32.7 Å². The molecule has 1 N–H and O–H groups in total. The normalized spacial score (nSPS) is 19.0. The van der Waals surface area contributed by atoms with Crippen molar-refractivity contribution in [1.29, 1.82) is 0 Å². The van der Waals surface area contributed by atoms with Gasteiger partial charge in [0.2, 0.25) is 5.91 Å². The molecule has 1 amide bonds. The molecule has 0 aliphatic carbocycles. The first kappa shape index (κ1) is 17.9. The number of halogens is 1. The summed E-state index contributed by atoms with van der Waals surface area (Å²) in [4.78, 5) is 13.9. The van der Waals surface area contributed by atoms with Gasteiger partial charge in [-0.15, -0.1) is 11.3 Å². The maximum absolute atomic E-state index is 12.5. The zero-order valence-corrected chi connectivity index (χ0v) is 15.8. The molecule has 1 aliphatic heterocycles. The van der Waals surface area contributed by atoms with E-state index in [1.54, 1.807) is 12.1 Å². The topological polar surface area (TPSA) is 69.7 Å². The van der Waals surface area contributed by atoms with Crippen LogP contribution < -0.4 is 5.32 Å². The second-order valence-corrected chi connectivity index (χ2v) is 9.70. The Kier molecular flexibility index (Phi) is 6.00. The van der Waals surface area contributed by atoms with Crippen molar-refractivity contribution in [2.75, 3.05) is 32.7 Å². The number of likely N-dealkylation sites (N-methyl/N-ethyl adjacent to an activating group) is 1. The van der Waals surface area contributed by atoms with E-state index in [2.05, 4.69) is 21.2 Å². The lowest BCUT2D eigenvalue weighted by atomic mass is 10.2. The third-order valence-electron chi connectivity index (χ3n) is 3.69. The van der Waals surface area contributed by atoms with Gasteiger partial charge in [-0.1, -0.05) is 0 Å². The molecule has 0 bridgehead atoms. The lowest BCUT2D eigenvalue weighted by Crippen LogP contribution is -2.54. The minimum atomic E-state index is -3.43. The average Bonchev–Trinajstić information content (AvgIpc) is 2.94. The van der Waals surface area contributed by atoms with E-state index in [9.17, 15) is 13.2 Å². The van der Waals surface area contributed by atoms with Gasteiger partial charge in [-0.25, -0.2) is 8.42 Å². The number of thiophene rings is 1. The van der Waals surface area contributed by atoms with E-state index >= 15 is 0 Å². The number of sulfonamides is 1. The third-order valence-corrected chi connectivity index (χ3v) is 7.68. The minimum absolute atomic E-state index is 0.0130. The zero-order valence-electron chi connectivity index (χ0n) is 12.6. The van der Waals surface area contributed by atoms with Crippen molar-refractivity contribution < 1.29 is 13.2 Å². The molecule has 0 unspecified atom stereocenters. The van der Waals surface area contributed by atoms with E-state index < -0.39 is 10.0 Å². The number of hydrogen-bond acceptors (Lipinski definition) is 5. The highest BCUT2D eigenvalue weighted by atomic mass is 79.9. The van der Waals surface area contributed by atoms with Gasteiger partial charge in [0.1, 0.15) is 4.21 Å². The van der Waals surface area contributed by atoms with Crippen LogP contribution in [0.1, 0.15) is 13.8 Å². The molecule has 0 aromatic carbocycles. The second kappa shape index (κ2) is 7.39. The van der Waals surface area contributed by atoms with Crippen LogP contribution in [0.15, 0.2) is 20.1 Å². The highest BCUT2D eigenvalue weighted by molar-refractivity contribution is 9.11. The molecule has 0 saturated carbocycles. The maximum Gasteiger partial charge on any atom is 0.252 e. The molecule has 1 aromatic heterocycles. The number of amides is 1. The minimum Gasteiger partial charge on any atom is -0.355 e. The summed E-state index contributed by atoms with van der Waals surface area (Å²) < 4.78 is 27.7. The van der Waals surface area contributed by atoms with Crippen molar-refractivity contribution in [3.63, 3.8) is 0 Å². The molecule has 1 saturated heterocycles. The van der Waals surface area contributed by atoms with Crippen LogP contribution in [0.25, 0.3) is 0 Å². The molecule has 9 heteroatoms. The number of hydrogen-bond donors (Lipinski definition) is 1. The Balaban J connectivity index is 1.99. The quantitative estimate of drug-likeness (QED) is 0.796. The van der Waals surface area contributed by atoms with Gasteiger partial charge in [-0.3, -0.25) is 9.69 Å². The van der Waals surface area contributed by atoms with Crippen molar-refractivity contribution in [2.24, 2.45) is 0 Å². The maximum atomic E-state index is 12.5. The molecule has 124 valence electrons. The van der Waals surface area contributed by atoms with Crippen LogP contribution in [-0.2, 0) is 14.8 Å². The van der Waals surface area contributed by atoms with E-state index in [0.29, 0.717) is 36.9 Å². The standard InChI is InChI=1S/C13H20BrN3O3S2/c1-3-15-13(18)10(2)16-6-8-17(9-7-16)22(19,20)12-5-4-11(14)21-12/h4-5,10H,3,6-9H2,1-2H3,(H,15,18)/t10-/m0/s1. The molecule has 1 aromatic rings. The summed E-state index contributed by atoms with van der Waals surface area (Å²) in [6.07, 6.45) is 0. The second-order valence-electron chi connectivity index (χ2n) is 5.07. The van der Waals surface area contributed by atoms with Crippen LogP contribution >= 0.6 is 27.3 Å². The number of rotatable bonds is 5. The number of nitrogens with zero attached hydrogens (tertiary/aromatic N) is 2. The average molecular weight is 410 g/mol. The molecule has 2 heterocycles. The predicted octanol–water partition coefficient (Wildman–Crippen LogP) is 1.34. The molecular formula is C13H20BrN3O3S2. The Hall–Kier alpha value is -0.480. The Morgan fingerprint density at radius 3 is 2.50 bits per heavy atom. The van der Waals surface area contributed by atoms with Gasteiger partial charge in [0.05, 0.1) is 9.83 Å². The van der Waals surface area contributed by atoms with Crippen LogP contribution in [0.3, 0.4) is 0 Å². The SMILES string of the molecule is CCNC(=O)[C@H](C)N1CCN(S(=O)(=O)c2ccc(Br)s2)CC1. The summed E-state index contributed by atoms with van der Waals surface area (Å²) in [5.74, 6) is -0.0130. The summed E-state index contributed by atoms with van der Waals surface area (Å²) in [5.41, 5.74) is 0. The molecule has 22 heavy (non-hydrogen) atoms. The zero-order chi connectivity index (χ0) is 16.3. The van der Waals surface area contributed by atoms with Crippen LogP contribution in [0.5, 0.6) is 0 Å². The third kappa shape index (κ3) is 3.88. The molecule has 2 rings (SSSR count). The summed E-state index contributed by atoms with van der Waals surface area (Å²) in [5, 5.41) is 2.80. The van der Waals surface area contributed by atoms with Crippen LogP contribution in [0.4, 0.5) is 0 Å². The lowest BCUT2D eigenvalue weighted by Gasteiger charge is -2.36. The van der Waals surface area contributed by atoms with E-state index in [1.807, 2.05) is 18.7 Å². The van der Waals surface area contributed by atoms with E-state index in [1.165, 1.54) is 15.6 Å². The van der Waals surface area contributed by atoms with Gasteiger partial charge >= 0.3 is 0 Å². The summed E-state index contributed by atoms with van der Waals surface area (Å²) in [6.45, 7) is 6.27. The Bertz CT molecular complexity index is 624. The molecule has 1 atom stereocenters. The summed E-state index contributed by atoms with van der Waals surface area (Å²) in [7, 11) is -3.43. The highest BCUT2D eigenvalue weighted by Gasteiger charge is 2.32. The van der Waals surface area contributed by atoms with Crippen LogP contribution in [0, 0.1) is 0 Å². The monoisotopic (exact) mass is 409 g/mol. The van der Waals surface area contributed by atoms with Crippen molar-refractivity contribution in [2.45, 2.75) is 24.1 Å². The van der Waals surface area contributed by atoms with Gasteiger partial charge in [-0.05, 0) is 41.9 Å². The van der Waals surface area contributed by atoms with E-state index in [-0.39, 0.29) is 11.9 Å². The summed E-state index contributed by atoms with van der Waals surface area (Å²) in [6, 6.07) is 3.12. The van der Waals surface area contributed by atoms with Crippen LogP contribution in [-0.4, -0.2) is 62.3 Å². The number of carbonyl (C=O) groups is 1. The van der Waals surface area contributed by atoms with Crippen molar-refractivity contribution in [1.82, 2.24) is 14.5 Å². The van der Waals surface area contributed by atoms with Gasteiger partial charge in [0.15, 0.2) is 0 Å². The first-order valence-corrected chi connectivity index (χ1v) is 10.2. The predicted molar refractivity (Wildman–Crippen MR) is 90.5 cm³/mol. The molecular weight excluding hydrogens is 390 g/mol. The lowest BCUT2D eigenvalue weighted by molar-refractivity contribution is -0.126. The summed E-state index contributed by atoms with van der Waals surface area (Å²) >= 11 is 4.51. The fraction of sp³-hybridized carbons (Fsp3) is 0.615. The first-order valence-electron chi connectivity index (χ1n) is 7.13. The molecule has 1 aliphatic rings. The molecule has 0 radical (unpaired) electrons. The molecule has 6 nitrogen and oxygen atoms in total. The Morgan fingerprint density at radius 1 is 1.36 bits per heavy atom. The Morgan fingerprint density at radius 2 is 2.00 bits per heavy atom. The highest BCUT2D eigenvalue weighted by Crippen LogP contribution is 2.29. The fourth-order valence-electron chi connectivity index (χ4n) is 2.38. The number of carbonyl (C=O) groups excluding carboxylic acids is 1. The van der Waals surface area contributed by atoms with Gasteiger partial charge < -0.3 is 5.32 Å². The number of nitrogens with one attached hydrogen (secondary N) is 1. The molecule has 0 spiro atoms. The van der Waals surface area contributed by atoms with Crippen LogP contribution in [0.2, 0.25) is 0 Å². The first-order chi connectivity index (χ1) is 10.4. The fourth-order valence-corrected chi connectivity index (χ4v) is 5.97.